The number of carbonyl (C=O) groups excluding carboxylic acids is 2. The Morgan fingerprint density at radius 3 is 2.67 bits per heavy atom. The van der Waals surface area contributed by atoms with Crippen LogP contribution in [0, 0.1) is 6.92 Å². The van der Waals surface area contributed by atoms with Gasteiger partial charge in [0.25, 0.3) is 5.91 Å². The third-order valence-electron chi connectivity index (χ3n) is 4.14. The number of hydrogen-bond donors (Lipinski definition) is 0. The van der Waals surface area contributed by atoms with Crippen molar-refractivity contribution in [1.29, 1.82) is 0 Å². The molecule has 1 saturated heterocycles. The summed E-state index contributed by atoms with van der Waals surface area (Å²) in [6, 6.07) is 9.46. The zero-order chi connectivity index (χ0) is 19.2. The number of halogens is 1. The molecule has 8 heteroatoms. The Kier molecular flexibility index (Phi) is 6.26. The Bertz CT molecular complexity index is 842. The number of ether oxygens (including phenoxy) is 2. The number of hydrogen-bond acceptors (Lipinski definition) is 5. The molecule has 1 aliphatic rings. The van der Waals surface area contributed by atoms with Crippen molar-refractivity contribution in [3.8, 4) is 5.69 Å². The van der Waals surface area contributed by atoms with E-state index in [1.165, 1.54) is 6.08 Å². The average Bonchev–Trinajstić information content (AvgIpc) is 2.99. The Balaban J connectivity index is 1.61. The maximum absolute atomic E-state index is 12.0. The molecule has 1 amide bonds. The van der Waals surface area contributed by atoms with Crippen LogP contribution in [0.3, 0.4) is 0 Å². The fourth-order valence-corrected chi connectivity index (χ4v) is 3.01. The quantitative estimate of drug-likeness (QED) is 0.579. The fourth-order valence-electron chi connectivity index (χ4n) is 2.68. The number of carbonyl (C=O) groups is 2. The summed E-state index contributed by atoms with van der Waals surface area (Å²) in [7, 11) is 0. The summed E-state index contributed by atoms with van der Waals surface area (Å²) in [6.07, 6.45) is 2.80. The topological polar surface area (TPSA) is 73.7 Å². The lowest BCUT2D eigenvalue weighted by Crippen LogP contribution is -2.42. The monoisotopic (exact) mass is 389 g/mol. The van der Waals surface area contributed by atoms with Crippen molar-refractivity contribution in [3.63, 3.8) is 0 Å². The molecule has 0 saturated carbocycles. The molecular formula is C19H20ClN3O4. The minimum absolute atomic E-state index is 0.230. The number of nitrogens with zero attached hydrogens (tertiary/aromatic N) is 3. The van der Waals surface area contributed by atoms with E-state index in [2.05, 4.69) is 5.10 Å². The number of rotatable bonds is 5. The van der Waals surface area contributed by atoms with Crippen LogP contribution in [0.25, 0.3) is 11.8 Å². The first-order valence-electron chi connectivity index (χ1n) is 8.57. The normalized spacial score (nSPS) is 14.5. The third kappa shape index (κ3) is 4.75. The van der Waals surface area contributed by atoms with E-state index in [-0.39, 0.29) is 12.5 Å². The van der Waals surface area contributed by atoms with E-state index in [1.54, 1.807) is 22.6 Å². The van der Waals surface area contributed by atoms with Crippen molar-refractivity contribution in [3.05, 3.63) is 52.8 Å². The summed E-state index contributed by atoms with van der Waals surface area (Å²) >= 11 is 6.40. The smallest absolute Gasteiger partial charge is 0.331 e. The molecule has 0 bridgehead atoms. The van der Waals surface area contributed by atoms with Crippen LogP contribution in [0.5, 0.6) is 0 Å². The minimum atomic E-state index is -0.612. The molecule has 142 valence electrons. The molecule has 3 rings (SSSR count). The number of amides is 1. The van der Waals surface area contributed by atoms with Gasteiger partial charge in [0.1, 0.15) is 5.15 Å². The van der Waals surface area contributed by atoms with E-state index in [1.807, 2.05) is 30.3 Å². The summed E-state index contributed by atoms with van der Waals surface area (Å²) in [4.78, 5) is 25.5. The fraction of sp³-hybridized carbons (Fsp3) is 0.316. The average molecular weight is 390 g/mol. The first-order valence-corrected chi connectivity index (χ1v) is 8.95. The van der Waals surface area contributed by atoms with Crippen molar-refractivity contribution in [2.24, 2.45) is 0 Å². The van der Waals surface area contributed by atoms with Gasteiger partial charge in [-0.1, -0.05) is 29.8 Å². The van der Waals surface area contributed by atoms with E-state index in [0.717, 1.165) is 5.69 Å². The lowest BCUT2D eigenvalue weighted by Gasteiger charge is -2.26. The molecule has 7 nitrogen and oxygen atoms in total. The van der Waals surface area contributed by atoms with Gasteiger partial charge in [0, 0.05) is 24.7 Å². The highest BCUT2D eigenvalue weighted by Crippen LogP contribution is 2.24. The number of morpholine rings is 1. The van der Waals surface area contributed by atoms with Crippen LogP contribution in [0.15, 0.2) is 36.4 Å². The summed E-state index contributed by atoms with van der Waals surface area (Å²) in [5.41, 5.74) is 2.12. The number of aromatic nitrogens is 2. The van der Waals surface area contributed by atoms with Gasteiger partial charge in [-0.05, 0) is 25.1 Å². The molecule has 0 N–H and O–H groups in total. The van der Waals surface area contributed by atoms with Gasteiger partial charge in [0.2, 0.25) is 0 Å². The van der Waals surface area contributed by atoms with Crippen molar-refractivity contribution < 1.29 is 19.1 Å². The molecule has 0 atom stereocenters. The van der Waals surface area contributed by atoms with Gasteiger partial charge in [0.15, 0.2) is 6.61 Å². The highest BCUT2D eigenvalue weighted by atomic mass is 35.5. The Morgan fingerprint density at radius 1 is 1.26 bits per heavy atom. The second kappa shape index (κ2) is 8.83. The van der Waals surface area contributed by atoms with Gasteiger partial charge in [-0.2, -0.15) is 5.10 Å². The standard InChI is InChI=1S/C19H20ClN3O4/c1-14-16(19(20)23(21-14)15-5-3-2-4-6-15)7-8-18(25)27-13-17(24)22-9-11-26-12-10-22/h2-8H,9-13H2,1H3/b8-7+. The van der Waals surface area contributed by atoms with E-state index in [0.29, 0.717) is 42.7 Å². The van der Waals surface area contributed by atoms with Crippen molar-refractivity contribution in [1.82, 2.24) is 14.7 Å². The highest BCUT2D eigenvalue weighted by molar-refractivity contribution is 6.31. The van der Waals surface area contributed by atoms with Gasteiger partial charge in [-0.15, -0.1) is 0 Å². The molecule has 1 fully saturated rings. The van der Waals surface area contributed by atoms with Crippen LogP contribution in [0.1, 0.15) is 11.3 Å². The Hall–Kier alpha value is -2.64. The van der Waals surface area contributed by atoms with E-state index < -0.39 is 5.97 Å². The van der Waals surface area contributed by atoms with Crippen LogP contribution in [0.4, 0.5) is 0 Å². The highest BCUT2D eigenvalue weighted by Gasteiger charge is 2.18. The molecule has 1 aromatic carbocycles. The van der Waals surface area contributed by atoms with Gasteiger partial charge < -0.3 is 14.4 Å². The maximum Gasteiger partial charge on any atom is 0.331 e. The molecule has 0 unspecified atom stereocenters. The molecular weight excluding hydrogens is 370 g/mol. The van der Waals surface area contributed by atoms with Crippen molar-refractivity contribution in [2.45, 2.75) is 6.92 Å². The zero-order valence-corrected chi connectivity index (χ0v) is 15.7. The minimum Gasteiger partial charge on any atom is -0.452 e. The predicted octanol–water partition coefficient (Wildman–Crippen LogP) is 2.25. The van der Waals surface area contributed by atoms with Gasteiger partial charge in [-0.3, -0.25) is 4.79 Å². The Morgan fingerprint density at radius 2 is 1.96 bits per heavy atom. The van der Waals surface area contributed by atoms with Crippen LogP contribution in [-0.4, -0.2) is 59.5 Å². The van der Waals surface area contributed by atoms with Gasteiger partial charge in [0.05, 0.1) is 24.6 Å². The lowest BCUT2D eigenvalue weighted by molar-refractivity contribution is -0.150. The second-order valence-corrected chi connectivity index (χ2v) is 6.33. The zero-order valence-electron chi connectivity index (χ0n) is 14.9. The van der Waals surface area contributed by atoms with Crippen LogP contribution in [-0.2, 0) is 19.1 Å². The predicted molar refractivity (Wildman–Crippen MR) is 101 cm³/mol. The van der Waals surface area contributed by atoms with E-state index >= 15 is 0 Å². The molecule has 0 spiro atoms. The van der Waals surface area contributed by atoms with E-state index in [9.17, 15) is 9.59 Å². The summed E-state index contributed by atoms with van der Waals surface area (Å²) in [5, 5.41) is 4.80. The number of benzene rings is 1. The van der Waals surface area contributed by atoms with E-state index in [4.69, 9.17) is 21.1 Å². The van der Waals surface area contributed by atoms with Crippen LogP contribution < -0.4 is 0 Å². The Labute approximate surface area is 162 Å². The number of esters is 1. The first-order chi connectivity index (χ1) is 13.1. The molecule has 2 aromatic rings. The largest absolute Gasteiger partial charge is 0.452 e. The second-order valence-electron chi connectivity index (χ2n) is 5.97. The SMILES string of the molecule is Cc1nn(-c2ccccc2)c(Cl)c1/C=C/C(=O)OCC(=O)N1CCOCC1. The summed E-state index contributed by atoms with van der Waals surface area (Å²) < 4.78 is 11.8. The van der Waals surface area contributed by atoms with Crippen molar-refractivity contribution >= 4 is 29.6 Å². The van der Waals surface area contributed by atoms with Gasteiger partial charge >= 0.3 is 5.97 Å². The lowest BCUT2D eigenvalue weighted by atomic mass is 10.2. The number of aryl methyl sites for hydroxylation is 1. The van der Waals surface area contributed by atoms with Gasteiger partial charge in [-0.25, -0.2) is 9.48 Å². The summed E-state index contributed by atoms with van der Waals surface area (Å²) in [6.45, 7) is 3.54. The third-order valence-corrected chi connectivity index (χ3v) is 4.50. The van der Waals surface area contributed by atoms with Crippen molar-refractivity contribution in [2.75, 3.05) is 32.9 Å². The molecule has 2 heterocycles. The molecule has 1 aliphatic heterocycles. The first kappa shape index (κ1) is 19.1. The van der Waals surface area contributed by atoms with Crippen LogP contribution >= 0.6 is 11.6 Å². The number of para-hydroxylation sites is 1. The molecule has 1 aromatic heterocycles. The molecule has 0 aliphatic carbocycles. The van der Waals surface area contributed by atoms with Crippen LogP contribution in [0.2, 0.25) is 5.15 Å². The maximum atomic E-state index is 12.0. The molecule has 0 radical (unpaired) electrons. The summed E-state index contributed by atoms with van der Waals surface area (Å²) in [5.74, 6) is -0.842. The molecule has 27 heavy (non-hydrogen) atoms.